The highest BCUT2D eigenvalue weighted by atomic mass is 35.5. The fourth-order valence-corrected chi connectivity index (χ4v) is 3.39. The summed E-state index contributed by atoms with van der Waals surface area (Å²) in [7, 11) is 0. The predicted molar refractivity (Wildman–Crippen MR) is 99.0 cm³/mol. The van der Waals surface area contributed by atoms with Crippen molar-refractivity contribution >= 4 is 11.6 Å². The SMILES string of the molecule is O=c1[nH]c(-c2ccncc2)nc2c1CCN(Cc1cccc(O)c1Cl)C2. The van der Waals surface area contributed by atoms with Crippen LogP contribution in [0.2, 0.25) is 5.02 Å². The first-order chi connectivity index (χ1) is 12.6. The summed E-state index contributed by atoms with van der Waals surface area (Å²) < 4.78 is 0. The fraction of sp³-hybridized carbons (Fsp3) is 0.211. The van der Waals surface area contributed by atoms with Crippen LogP contribution in [0.15, 0.2) is 47.5 Å². The van der Waals surface area contributed by atoms with E-state index in [9.17, 15) is 9.90 Å². The summed E-state index contributed by atoms with van der Waals surface area (Å²) in [5, 5.41) is 10.1. The van der Waals surface area contributed by atoms with Crippen molar-refractivity contribution in [1.29, 1.82) is 0 Å². The molecule has 0 aliphatic carbocycles. The molecule has 2 aromatic heterocycles. The standard InChI is InChI=1S/C19H17ClN4O2/c20-17-13(2-1-3-16(17)25)10-24-9-6-14-15(11-24)22-18(23-19(14)26)12-4-7-21-8-5-12/h1-5,7-8,25H,6,9-11H2,(H,22,23,26). The maximum Gasteiger partial charge on any atom is 0.254 e. The number of rotatable bonds is 3. The van der Waals surface area contributed by atoms with Gasteiger partial charge in [-0.25, -0.2) is 4.98 Å². The van der Waals surface area contributed by atoms with E-state index < -0.39 is 0 Å². The van der Waals surface area contributed by atoms with Crippen molar-refractivity contribution in [1.82, 2.24) is 19.9 Å². The zero-order valence-corrected chi connectivity index (χ0v) is 14.7. The molecular weight excluding hydrogens is 352 g/mol. The number of aromatic nitrogens is 3. The maximum absolute atomic E-state index is 12.4. The number of benzene rings is 1. The Hall–Kier alpha value is -2.70. The van der Waals surface area contributed by atoms with Gasteiger partial charge in [0.1, 0.15) is 11.6 Å². The summed E-state index contributed by atoms with van der Waals surface area (Å²) >= 11 is 6.19. The summed E-state index contributed by atoms with van der Waals surface area (Å²) in [4.78, 5) is 26.1. The molecule has 1 aliphatic heterocycles. The molecule has 0 radical (unpaired) electrons. The van der Waals surface area contributed by atoms with Crippen molar-refractivity contribution in [2.75, 3.05) is 6.54 Å². The van der Waals surface area contributed by atoms with Gasteiger partial charge < -0.3 is 10.1 Å². The summed E-state index contributed by atoms with van der Waals surface area (Å²) in [6.45, 7) is 1.88. The second-order valence-electron chi connectivity index (χ2n) is 6.29. The topological polar surface area (TPSA) is 82.1 Å². The van der Waals surface area contributed by atoms with E-state index in [1.54, 1.807) is 24.5 Å². The summed E-state index contributed by atoms with van der Waals surface area (Å²) in [5.74, 6) is 0.629. The number of phenolic OH excluding ortho intramolecular Hbond substituents is 1. The average molecular weight is 369 g/mol. The lowest BCUT2D eigenvalue weighted by Gasteiger charge is -2.28. The van der Waals surface area contributed by atoms with Gasteiger partial charge in [-0.05, 0) is 30.2 Å². The second-order valence-corrected chi connectivity index (χ2v) is 6.66. The predicted octanol–water partition coefficient (Wildman–Crippen LogP) is 2.75. The van der Waals surface area contributed by atoms with Crippen molar-refractivity contribution < 1.29 is 5.11 Å². The molecule has 0 unspecified atom stereocenters. The van der Waals surface area contributed by atoms with Crippen LogP contribution in [-0.2, 0) is 19.5 Å². The number of nitrogens with one attached hydrogen (secondary N) is 1. The van der Waals surface area contributed by atoms with Gasteiger partial charge in [0.05, 0.1) is 10.7 Å². The first-order valence-corrected chi connectivity index (χ1v) is 8.71. The minimum Gasteiger partial charge on any atom is -0.506 e. The molecule has 0 amide bonds. The van der Waals surface area contributed by atoms with E-state index in [1.165, 1.54) is 0 Å². The third-order valence-corrected chi connectivity index (χ3v) is 4.99. The molecule has 132 valence electrons. The van der Waals surface area contributed by atoms with Crippen LogP contribution in [0.3, 0.4) is 0 Å². The number of fused-ring (bicyclic) bond motifs is 1. The summed E-state index contributed by atoms with van der Waals surface area (Å²) in [6.07, 6.45) is 3.97. The lowest BCUT2D eigenvalue weighted by atomic mass is 10.0. The van der Waals surface area contributed by atoms with Crippen LogP contribution < -0.4 is 5.56 Å². The Balaban J connectivity index is 1.63. The third-order valence-electron chi connectivity index (χ3n) is 4.56. The normalized spacial score (nSPS) is 14.2. The number of phenols is 1. The summed E-state index contributed by atoms with van der Waals surface area (Å²) in [6, 6.07) is 8.87. The van der Waals surface area contributed by atoms with Crippen LogP contribution in [0, 0.1) is 0 Å². The molecule has 1 aliphatic rings. The first kappa shape index (κ1) is 16.8. The minimum absolute atomic E-state index is 0.0797. The Morgan fingerprint density at radius 3 is 2.85 bits per heavy atom. The molecule has 0 fully saturated rings. The molecule has 3 heterocycles. The Morgan fingerprint density at radius 1 is 1.23 bits per heavy atom. The van der Waals surface area contributed by atoms with E-state index in [1.807, 2.05) is 18.2 Å². The van der Waals surface area contributed by atoms with Crippen LogP contribution in [0.5, 0.6) is 5.75 Å². The van der Waals surface area contributed by atoms with E-state index in [0.29, 0.717) is 30.4 Å². The van der Waals surface area contributed by atoms with Gasteiger partial charge in [0.15, 0.2) is 0 Å². The van der Waals surface area contributed by atoms with Crippen molar-refractivity contribution in [3.05, 3.63) is 74.9 Å². The Labute approximate surface area is 155 Å². The van der Waals surface area contributed by atoms with Crippen molar-refractivity contribution in [2.24, 2.45) is 0 Å². The van der Waals surface area contributed by atoms with Gasteiger partial charge in [0.25, 0.3) is 5.56 Å². The van der Waals surface area contributed by atoms with E-state index >= 15 is 0 Å². The Morgan fingerprint density at radius 2 is 2.04 bits per heavy atom. The molecule has 0 spiro atoms. The number of aromatic amines is 1. The number of aromatic hydroxyl groups is 1. The fourth-order valence-electron chi connectivity index (χ4n) is 3.20. The Bertz CT molecular complexity index is 1000. The van der Waals surface area contributed by atoms with Crippen molar-refractivity contribution in [2.45, 2.75) is 19.5 Å². The van der Waals surface area contributed by atoms with Gasteiger partial charge >= 0.3 is 0 Å². The number of pyridine rings is 1. The van der Waals surface area contributed by atoms with E-state index in [-0.39, 0.29) is 11.3 Å². The molecule has 2 N–H and O–H groups in total. The van der Waals surface area contributed by atoms with Crippen LogP contribution in [0.25, 0.3) is 11.4 Å². The van der Waals surface area contributed by atoms with E-state index in [4.69, 9.17) is 11.6 Å². The second kappa shape index (κ2) is 6.90. The van der Waals surface area contributed by atoms with Crippen LogP contribution in [-0.4, -0.2) is 31.5 Å². The lowest BCUT2D eigenvalue weighted by Crippen LogP contribution is -2.35. The smallest absolute Gasteiger partial charge is 0.254 e. The van der Waals surface area contributed by atoms with Gasteiger partial charge in [-0.15, -0.1) is 0 Å². The molecule has 0 saturated heterocycles. The average Bonchev–Trinajstić information content (AvgIpc) is 2.66. The maximum atomic E-state index is 12.4. The number of H-pyrrole nitrogens is 1. The van der Waals surface area contributed by atoms with Gasteiger partial charge in [0, 0.05) is 43.2 Å². The molecule has 26 heavy (non-hydrogen) atoms. The molecule has 4 rings (SSSR count). The van der Waals surface area contributed by atoms with Crippen molar-refractivity contribution in [3.8, 4) is 17.1 Å². The quantitative estimate of drug-likeness (QED) is 0.742. The van der Waals surface area contributed by atoms with Crippen LogP contribution in [0.4, 0.5) is 0 Å². The van der Waals surface area contributed by atoms with E-state index in [0.717, 1.165) is 28.9 Å². The van der Waals surface area contributed by atoms with Gasteiger partial charge in [-0.2, -0.15) is 0 Å². The largest absolute Gasteiger partial charge is 0.506 e. The van der Waals surface area contributed by atoms with Gasteiger partial charge in [0.2, 0.25) is 0 Å². The molecular formula is C19H17ClN4O2. The lowest BCUT2D eigenvalue weighted by molar-refractivity contribution is 0.240. The highest BCUT2D eigenvalue weighted by Gasteiger charge is 2.22. The highest BCUT2D eigenvalue weighted by Crippen LogP contribution is 2.28. The minimum atomic E-state index is -0.0862. The first-order valence-electron chi connectivity index (χ1n) is 8.33. The van der Waals surface area contributed by atoms with E-state index in [2.05, 4.69) is 19.9 Å². The number of hydrogen-bond acceptors (Lipinski definition) is 5. The summed E-state index contributed by atoms with van der Waals surface area (Å²) in [5.41, 5.74) is 3.11. The molecule has 3 aromatic rings. The van der Waals surface area contributed by atoms with Gasteiger partial charge in [-0.1, -0.05) is 23.7 Å². The van der Waals surface area contributed by atoms with Gasteiger partial charge in [-0.3, -0.25) is 14.7 Å². The molecule has 1 aromatic carbocycles. The van der Waals surface area contributed by atoms with Crippen LogP contribution in [0.1, 0.15) is 16.8 Å². The monoisotopic (exact) mass is 368 g/mol. The molecule has 6 nitrogen and oxygen atoms in total. The molecule has 0 saturated carbocycles. The molecule has 0 atom stereocenters. The zero-order chi connectivity index (χ0) is 18.1. The number of hydrogen-bond donors (Lipinski definition) is 2. The third kappa shape index (κ3) is 3.21. The zero-order valence-electron chi connectivity index (χ0n) is 13.9. The molecule has 7 heteroatoms. The number of nitrogens with zero attached hydrogens (tertiary/aromatic N) is 3. The Kier molecular flexibility index (Phi) is 4.44. The van der Waals surface area contributed by atoms with Crippen LogP contribution >= 0.6 is 11.6 Å². The highest BCUT2D eigenvalue weighted by molar-refractivity contribution is 6.32. The molecule has 0 bridgehead atoms. The van der Waals surface area contributed by atoms with Crippen molar-refractivity contribution in [3.63, 3.8) is 0 Å². The number of halogens is 1.